The van der Waals surface area contributed by atoms with Gasteiger partial charge >= 0.3 is 0 Å². The molecule has 5 heteroatoms. The molecule has 0 saturated carbocycles. The topological polar surface area (TPSA) is 27.7 Å². The van der Waals surface area contributed by atoms with Crippen LogP contribution in [0, 0.1) is 6.92 Å². The number of aryl methyl sites for hydroxylation is 1. The number of hydrogen-bond donors (Lipinski definition) is 0. The summed E-state index contributed by atoms with van der Waals surface area (Å²) in [6.07, 6.45) is 1.94. The third-order valence-electron chi connectivity index (χ3n) is 6.89. The molecule has 0 aromatic heterocycles. The molecule has 3 nitrogen and oxygen atoms in total. The molecule has 29 heavy (non-hydrogen) atoms. The van der Waals surface area contributed by atoms with E-state index in [1.54, 1.807) is 0 Å². The summed E-state index contributed by atoms with van der Waals surface area (Å²) in [5.41, 5.74) is 2.42. The molecule has 0 bridgehead atoms. The molecule has 164 valence electrons. The van der Waals surface area contributed by atoms with Crippen LogP contribution in [0.25, 0.3) is 0 Å². The fourth-order valence-electron chi connectivity index (χ4n) is 2.70. The van der Waals surface area contributed by atoms with Crippen molar-refractivity contribution in [2.24, 2.45) is 0 Å². The first kappa shape index (κ1) is 24.4. The highest BCUT2D eigenvalue weighted by molar-refractivity contribution is 6.74. The molecule has 0 saturated heterocycles. The largest absolute Gasteiger partial charge is 0.545 e. The Balaban J connectivity index is 2.38. The maximum atomic E-state index is 6.81. The smallest absolute Gasteiger partial charge is 0.250 e. The molecular formula is C24H42O3Si2. The normalized spacial score (nSPS) is 21.7. The van der Waals surface area contributed by atoms with Crippen molar-refractivity contribution in [3.8, 4) is 0 Å². The van der Waals surface area contributed by atoms with Crippen LogP contribution < -0.4 is 0 Å². The summed E-state index contributed by atoms with van der Waals surface area (Å²) in [7, 11) is -3.93. The first-order valence-electron chi connectivity index (χ1n) is 10.8. The van der Waals surface area contributed by atoms with Gasteiger partial charge in [-0.2, -0.15) is 0 Å². The summed E-state index contributed by atoms with van der Waals surface area (Å²) < 4.78 is 19.8. The second kappa shape index (κ2) is 8.33. The zero-order chi connectivity index (χ0) is 22.3. The van der Waals surface area contributed by atoms with Crippen LogP contribution in [0.1, 0.15) is 58.8 Å². The van der Waals surface area contributed by atoms with Gasteiger partial charge in [-0.15, -0.1) is 0 Å². The Morgan fingerprint density at radius 2 is 1.38 bits per heavy atom. The fraction of sp³-hybridized carbons (Fsp3) is 0.667. The fourth-order valence-corrected chi connectivity index (χ4v) is 5.04. The van der Waals surface area contributed by atoms with Crippen LogP contribution in [0.15, 0.2) is 36.1 Å². The second-order valence-electron chi connectivity index (χ2n) is 11.5. The molecule has 1 aromatic carbocycles. The summed E-state index contributed by atoms with van der Waals surface area (Å²) in [4.78, 5) is 0. The van der Waals surface area contributed by atoms with Crippen molar-refractivity contribution >= 4 is 16.6 Å². The lowest BCUT2D eigenvalue weighted by Crippen LogP contribution is -2.49. The third kappa shape index (κ3) is 5.84. The molecule has 1 aliphatic heterocycles. The van der Waals surface area contributed by atoms with Crippen LogP contribution in [-0.4, -0.2) is 29.3 Å². The average Bonchev–Trinajstić information content (AvgIpc) is 2.54. The molecule has 0 N–H and O–H groups in total. The van der Waals surface area contributed by atoms with Crippen LogP contribution in [-0.2, 0) is 13.6 Å². The average molecular weight is 435 g/mol. The van der Waals surface area contributed by atoms with Crippen LogP contribution in [0.2, 0.25) is 36.3 Å². The molecule has 1 aliphatic rings. The molecule has 1 heterocycles. The molecule has 0 amide bonds. The first-order chi connectivity index (χ1) is 13.0. The van der Waals surface area contributed by atoms with E-state index in [1.807, 2.05) is 0 Å². The molecule has 0 aliphatic carbocycles. The predicted octanol–water partition coefficient (Wildman–Crippen LogP) is 7.36. The minimum atomic E-state index is -1.98. The number of benzene rings is 1. The van der Waals surface area contributed by atoms with Gasteiger partial charge in [-0.1, -0.05) is 71.4 Å². The molecule has 0 fully saturated rings. The quantitative estimate of drug-likeness (QED) is 0.453. The van der Waals surface area contributed by atoms with Gasteiger partial charge in [-0.25, -0.2) is 0 Å². The zero-order valence-electron chi connectivity index (χ0n) is 20.5. The highest BCUT2D eigenvalue weighted by atomic mass is 28.4. The van der Waals surface area contributed by atoms with E-state index in [1.165, 1.54) is 5.56 Å². The molecule has 1 aromatic rings. The lowest BCUT2D eigenvalue weighted by atomic mass is 10.0. The van der Waals surface area contributed by atoms with Gasteiger partial charge in [0.25, 0.3) is 0 Å². The van der Waals surface area contributed by atoms with Gasteiger partial charge in [0, 0.05) is 0 Å². The molecule has 0 unspecified atom stereocenters. The standard InChI is InChI=1S/C24H42O3Si2/c1-18-12-14-19(15-13-18)20-16-21(26-28(8,9)23(2,3)4)22(17-25-20)27-29(10,11)24(5,6)7/h12-16,20,22H,17H2,1-11H3/t20-,22-/m1/s1. The van der Waals surface area contributed by atoms with Gasteiger partial charge < -0.3 is 13.6 Å². The van der Waals surface area contributed by atoms with Gasteiger partial charge in [-0.05, 0) is 54.8 Å². The molecule has 2 atom stereocenters. The van der Waals surface area contributed by atoms with E-state index in [0.717, 1.165) is 11.3 Å². The third-order valence-corrected chi connectivity index (χ3v) is 15.7. The number of rotatable bonds is 5. The van der Waals surface area contributed by atoms with Crippen molar-refractivity contribution in [2.45, 2.75) is 96.9 Å². The van der Waals surface area contributed by atoms with Crippen molar-refractivity contribution < 1.29 is 13.6 Å². The monoisotopic (exact) mass is 434 g/mol. The minimum absolute atomic E-state index is 0.0883. The Labute approximate surface area is 181 Å². The van der Waals surface area contributed by atoms with E-state index in [-0.39, 0.29) is 22.3 Å². The van der Waals surface area contributed by atoms with E-state index in [0.29, 0.717) is 6.61 Å². The summed E-state index contributed by atoms with van der Waals surface area (Å²) in [5, 5.41) is 0.274. The molecule has 2 rings (SSSR count). The van der Waals surface area contributed by atoms with Crippen LogP contribution in [0.5, 0.6) is 0 Å². The highest BCUT2D eigenvalue weighted by Crippen LogP contribution is 2.43. The Bertz CT molecular complexity index is 722. The Morgan fingerprint density at radius 1 is 0.862 bits per heavy atom. The van der Waals surface area contributed by atoms with Crippen LogP contribution >= 0.6 is 0 Å². The molecule has 0 radical (unpaired) electrons. The number of hydrogen-bond acceptors (Lipinski definition) is 3. The Hall–Kier alpha value is -0.886. The van der Waals surface area contributed by atoms with E-state index in [9.17, 15) is 0 Å². The Kier molecular flexibility index (Phi) is 7.00. The first-order valence-corrected chi connectivity index (χ1v) is 16.6. The summed E-state index contributed by atoms with van der Waals surface area (Å²) in [6, 6.07) is 8.57. The van der Waals surface area contributed by atoms with Crippen molar-refractivity contribution in [1.29, 1.82) is 0 Å². The van der Waals surface area contributed by atoms with E-state index in [4.69, 9.17) is 13.6 Å². The maximum Gasteiger partial charge on any atom is 0.250 e. The minimum Gasteiger partial charge on any atom is -0.545 e. The van der Waals surface area contributed by atoms with Crippen molar-refractivity contribution in [1.82, 2.24) is 0 Å². The molecular weight excluding hydrogens is 392 g/mol. The zero-order valence-corrected chi connectivity index (χ0v) is 22.5. The van der Waals surface area contributed by atoms with Gasteiger partial charge in [0.05, 0.1) is 6.61 Å². The lowest BCUT2D eigenvalue weighted by Gasteiger charge is -2.44. The SMILES string of the molecule is Cc1ccc([C@H]2C=C(O[Si](C)(C)C(C)(C)C)[C@H](O[Si](C)(C)C(C)(C)C)CO2)cc1. The number of ether oxygens (including phenoxy) is 1. The van der Waals surface area contributed by atoms with Gasteiger partial charge in [0.2, 0.25) is 8.32 Å². The van der Waals surface area contributed by atoms with Crippen LogP contribution in [0.4, 0.5) is 0 Å². The van der Waals surface area contributed by atoms with Crippen LogP contribution in [0.3, 0.4) is 0 Å². The Morgan fingerprint density at radius 3 is 1.86 bits per heavy atom. The van der Waals surface area contributed by atoms with Gasteiger partial charge in [0.1, 0.15) is 18.0 Å². The molecule has 0 spiro atoms. The van der Waals surface area contributed by atoms with Crippen molar-refractivity contribution in [2.75, 3.05) is 6.61 Å². The summed E-state index contributed by atoms with van der Waals surface area (Å²) in [5.74, 6) is 0.971. The predicted molar refractivity (Wildman–Crippen MR) is 128 cm³/mol. The van der Waals surface area contributed by atoms with Crippen molar-refractivity contribution in [3.05, 3.63) is 47.2 Å². The van der Waals surface area contributed by atoms with Gasteiger partial charge in [0.15, 0.2) is 8.32 Å². The second-order valence-corrected chi connectivity index (χ2v) is 20.9. The summed E-state index contributed by atoms with van der Waals surface area (Å²) >= 11 is 0. The maximum absolute atomic E-state index is 6.81. The van der Waals surface area contributed by atoms with E-state index >= 15 is 0 Å². The van der Waals surface area contributed by atoms with Gasteiger partial charge in [-0.3, -0.25) is 0 Å². The lowest BCUT2D eigenvalue weighted by molar-refractivity contribution is -0.00569. The van der Waals surface area contributed by atoms with E-state index in [2.05, 4.69) is 105 Å². The highest BCUT2D eigenvalue weighted by Gasteiger charge is 2.44. The van der Waals surface area contributed by atoms with E-state index < -0.39 is 16.6 Å². The van der Waals surface area contributed by atoms with Crippen molar-refractivity contribution in [3.63, 3.8) is 0 Å². The summed E-state index contributed by atoms with van der Waals surface area (Å²) in [6.45, 7) is 25.5.